The number of fused-ring (bicyclic) bond motifs is 1. The largest absolute Gasteiger partial charge is 0.493 e. The Morgan fingerprint density at radius 2 is 2.05 bits per heavy atom. The summed E-state index contributed by atoms with van der Waals surface area (Å²) in [7, 11) is 0. The van der Waals surface area contributed by atoms with Crippen molar-refractivity contribution in [1.82, 2.24) is 4.98 Å². The highest BCUT2D eigenvalue weighted by Gasteiger charge is 2.29. The van der Waals surface area contributed by atoms with Gasteiger partial charge in [-0.2, -0.15) is 0 Å². The Hall–Kier alpha value is -1.77. The van der Waals surface area contributed by atoms with Crippen LogP contribution in [0.15, 0.2) is 24.4 Å². The average molecular weight is 273 g/mol. The van der Waals surface area contributed by atoms with Crippen LogP contribution in [0.2, 0.25) is 0 Å². The number of ether oxygens (including phenoxy) is 1. The van der Waals surface area contributed by atoms with E-state index in [-0.39, 0.29) is 11.2 Å². The highest BCUT2D eigenvalue weighted by molar-refractivity contribution is 6.12. The third-order valence-electron chi connectivity index (χ3n) is 3.87. The van der Waals surface area contributed by atoms with Gasteiger partial charge in [0.25, 0.3) is 0 Å². The number of carbonyl (C=O) groups excluding carboxylic acids is 1. The Kier molecular flexibility index (Phi) is 4.17. The molecule has 108 valence electrons. The zero-order valence-corrected chi connectivity index (χ0v) is 12.7. The van der Waals surface area contributed by atoms with Crippen molar-refractivity contribution in [3.05, 3.63) is 30.0 Å². The predicted octanol–water partition coefficient (Wildman–Crippen LogP) is 4.58. The number of rotatable bonds is 6. The van der Waals surface area contributed by atoms with E-state index in [4.69, 9.17) is 4.74 Å². The van der Waals surface area contributed by atoms with Gasteiger partial charge in [0.05, 0.1) is 12.0 Å². The summed E-state index contributed by atoms with van der Waals surface area (Å²) in [6.07, 6.45) is 3.57. The Balaban J connectivity index is 2.52. The van der Waals surface area contributed by atoms with Gasteiger partial charge in [-0.15, -0.1) is 0 Å². The number of hydrogen-bond acceptors (Lipinski definition) is 2. The average Bonchev–Trinajstić information content (AvgIpc) is 2.88. The molecule has 1 aromatic heterocycles. The highest BCUT2D eigenvalue weighted by atomic mass is 16.5. The molecule has 0 unspecified atom stereocenters. The van der Waals surface area contributed by atoms with Crippen LogP contribution in [0.1, 0.15) is 50.9 Å². The Labute approximate surface area is 120 Å². The van der Waals surface area contributed by atoms with Crippen molar-refractivity contribution in [1.29, 1.82) is 0 Å². The Morgan fingerprint density at radius 3 is 2.70 bits per heavy atom. The summed E-state index contributed by atoms with van der Waals surface area (Å²) in [5.74, 6) is 0.958. The lowest BCUT2D eigenvalue weighted by Crippen LogP contribution is -2.23. The molecule has 0 saturated carbocycles. The maximum atomic E-state index is 12.7. The van der Waals surface area contributed by atoms with Gasteiger partial charge in [0.15, 0.2) is 5.78 Å². The molecule has 20 heavy (non-hydrogen) atoms. The molecule has 0 aliphatic heterocycles. The van der Waals surface area contributed by atoms with Crippen molar-refractivity contribution >= 4 is 16.7 Å². The third kappa shape index (κ3) is 2.58. The zero-order chi connectivity index (χ0) is 14.8. The topological polar surface area (TPSA) is 42.1 Å². The number of ketones is 1. The second-order valence-electron chi connectivity index (χ2n) is 5.80. The fraction of sp³-hybridized carbons (Fsp3) is 0.471. The highest BCUT2D eigenvalue weighted by Crippen LogP contribution is 2.34. The molecule has 2 rings (SSSR count). The molecule has 0 aliphatic rings. The predicted molar refractivity (Wildman–Crippen MR) is 82.5 cm³/mol. The summed E-state index contributed by atoms with van der Waals surface area (Å²) in [6, 6.07) is 5.86. The number of carbonyl (C=O) groups is 1. The minimum atomic E-state index is -0.354. The smallest absolute Gasteiger partial charge is 0.170 e. The van der Waals surface area contributed by atoms with Crippen molar-refractivity contribution in [2.75, 3.05) is 6.61 Å². The summed E-state index contributed by atoms with van der Waals surface area (Å²) in [5.41, 5.74) is 1.33. The lowest BCUT2D eigenvalue weighted by molar-refractivity contribution is 0.0834. The molecule has 0 bridgehead atoms. The molecule has 0 atom stereocenters. The van der Waals surface area contributed by atoms with E-state index in [2.05, 4.69) is 11.9 Å². The molecule has 1 heterocycles. The first-order chi connectivity index (χ1) is 9.51. The van der Waals surface area contributed by atoms with Crippen LogP contribution in [0.25, 0.3) is 10.9 Å². The van der Waals surface area contributed by atoms with E-state index in [9.17, 15) is 4.79 Å². The van der Waals surface area contributed by atoms with E-state index >= 15 is 0 Å². The van der Waals surface area contributed by atoms with Crippen LogP contribution in [0.5, 0.6) is 5.75 Å². The van der Waals surface area contributed by atoms with Crippen LogP contribution < -0.4 is 4.74 Å². The first kappa shape index (κ1) is 14.6. The van der Waals surface area contributed by atoms with Gasteiger partial charge >= 0.3 is 0 Å². The summed E-state index contributed by atoms with van der Waals surface area (Å²) in [6.45, 7) is 8.76. The minimum Gasteiger partial charge on any atom is -0.493 e. The Morgan fingerprint density at radius 1 is 1.30 bits per heavy atom. The molecule has 3 heteroatoms. The molecule has 3 nitrogen and oxygen atoms in total. The quantitative estimate of drug-likeness (QED) is 0.783. The lowest BCUT2D eigenvalue weighted by atomic mass is 9.82. The van der Waals surface area contributed by atoms with E-state index in [0.29, 0.717) is 6.61 Å². The lowest BCUT2D eigenvalue weighted by Gasteiger charge is -2.20. The van der Waals surface area contributed by atoms with E-state index in [1.165, 1.54) is 0 Å². The van der Waals surface area contributed by atoms with Gasteiger partial charge in [0.1, 0.15) is 5.75 Å². The fourth-order valence-electron chi connectivity index (χ4n) is 2.19. The summed E-state index contributed by atoms with van der Waals surface area (Å²) >= 11 is 0. The second-order valence-corrected chi connectivity index (χ2v) is 5.80. The van der Waals surface area contributed by atoms with Crippen molar-refractivity contribution in [2.45, 2.75) is 40.5 Å². The van der Waals surface area contributed by atoms with Gasteiger partial charge in [0.2, 0.25) is 0 Å². The van der Waals surface area contributed by atoms with E-state index in [1.807, 2.05) is 45.2 Å². The normalized spacial score (nSPS) is 11.8. The van der Waals surface area contributed by atoms with Gasteiger partial charge in [-0.25, -0.2) is 0 Å². The maximum absolute atomic E-state index is 12.7. The molecule has 0 fully saturated rings. The van der Waals surface area contributed by atoms with Gasteiger partial charge in [-0.05, 0) is 25.0 Å². The summed E-state index contributed by atoms with van der Waals surface area (Å²) < 4.78 is 5.79. The first-order valence-corrected chi connectivity index (χ1v) is 7.29. The summed E-state index contributed by atoms with van der Waals surface area (Å²) in [5, 5.41) is 0.910. The number of hydrogen-bond donors (Lipinski definition) is 1. The molecule has 0 radical (unpaired) electrons. The van der Waals surface area contributed by atoms with E-state index in [0.717, 1.165) is 35.1 Å². The molecule has 1 N–H and O–H groups in total. The maximum Gasteiger partial charge on any atom is 0.170 e. The first-order valence-electron chi connectivity index (χ1n) is 7.29. The van der Waals surface area contributed by atoms with Crippen LogP contribution in [-0.2, 0) is 0 Å². The number of benzene rings is 1. The number of H-pyrrole nitrogens is 1. The fourth-order valence-corrected chi connectivity index (χ4v) is 2.19. The standard InChI is InChI=1S/C17H23NO2/c1-5-10-20-14-9-7-8-13-15(14)12(11-18-13)16(19)17(3,4)6-2/h7-9,11,18H,5-6,10H2,1-4H3. The van der Waals surface area contributed by atoms with Crippen LogP contribution in [0.4, 0.5) is 0 Å². The second kappa shape index (κ2) is 5.70. The van der Waals surface area contributed by atoms with Gasteiger partial charge in [-0.1, -0.05) is 33.8 Å². The molecule has 0 spiro atoms. The molecule has 1 aromatic carbocycles. The summed E-state index contributed by atoms with van der Waals surface area (Å²) in [4.78, 5) is 15.9. The van der Waals surface area contributed by atoms with Crippen molar-refractivity contribution in [3.63, 3.8) is 0 Å². The van der Waals surface area contributed by atoms with Gasteiger partial charge in [0, 0.05) is 22.7 Å². The zero-order valence-electron chi connectivity index (χ0n) is 12.7. The van der Waals surface area contributed by atoms with Crippen LogP contribution in [-0.4, -0.2) is 17.4 Å². The van der Waals surface area contributed by atoms with Gasteiger partial charge < -0.3 is 9.72 Å². The molecule has 0 saturated heterocycles. The SMILES string of the molecule is CCCOc1cccc2[nH]cc(C(=O)C(C)(C)CC)c12. The van der Waals surface area contributed by atoms with Crippen molar-refractivity contribution < 1.29 is 9.53 Å². The number of aromatic amines is 1. The van der Waals surface area contributed by atoms with E-state index in [1.54, 1.807) is 0 Å². The number of aromatic nitrogens is 1. The monoisotopic (exact) mass is 273 g/mol. The van der Waals surface area contributed by atoms with Crippen LogP contribution in [0, 0.1) is 5.41 Å². The molecule has 0 amide bonds. The molecule has 0 aliphatic carbocycles. The van der Waals surface area contributed by atoms with E-state index < -0.39 is 0 Å². The number of Topliss-reactive ketones (excluding diaryl/α,β-unsaturated/α-hetero) is 1. The number of nitrogens with one attached hydrogen (secondary N) is 1. The molecule has 2 aromatic rings. The van der Waals surface area contributed by atoms with Crippen LogP contribution >= 0.6 is 0 Å². The minimum absolute atomic E-state index is 0.166. The van der Waals surface area contributed by atoms with Crippen molar-refractivity contribution in [2.24, 2.45) is 5.41 Å². The van der Waals surface area contributed by atoms with Crippen molar-refractivity contribution in [3.8, 4) is 5.75 Å². The Bertz CT molecular complexity index is 610. The third-order valence-corrected chi connectivity index (χ3v) is 3.87. The van der Waals surface area contributed by atoms with Crippen LogP contribution in [0.3, 0.4) is 0 Å². The van der Waals surface area contributed by atoms with Gasteiger partial charge in [-0.3, -0.25) is 4.79 Å². The molecular formula is C17H23NO2. The molecular weight excluding hydrogens is 250 g/mol.